The van der Waals surface area contributed by atoms with Gasteiger partial charge in [-0.25, -0.2) is 17.9 Å². The average Bonchev–Trinajstić information content (AvgIpc) is 3.61. The molecule has 5 aromatic rings. The molecule has 9 heteroatoms. The van der Waals surface area contributed by atoms with Gasteiger partial charge in [-0.05, 0) is 42.5 Å². The third-order valence-electron chi connectivity index (χ3n) is 5.84. The molecule has 0 amide bonds. The van der Waals surface area contributed by atoms with Gasteiger partial charge in [0.25, 0.3) is 0 Å². The Morgan fingerprint density at radius 1 is 0.892 bits per heavy atom. The number of para-hydroxylation sites is 1. The number of aromatic amines is 1. The molecule has 2 aromatic heterocycles. The largest absolute Gasteiger partial charge is 0.468 e. The van der Waals surface area contributed by atoms with E-state index in [0.717, 1.165) is 10.9 Å². The number of benzene rings is 3. The summed E-state index contributed by atoms with van der Waals surface area (Å²) in [4.78, 5) is 29.6. The number of ether oxygens (including phenoxy) is 1. The summed E-state index contributed by atoms with van der Waals surface area (Å²) in [6.45, 7) is -0.00612. The van der Waals surface area contributed by atoms with Crippen molar-refractivity contribution in [1.29, 1.82) is 0 Å². The summed E-state index contributed by atoms with van der Waals surface area (Å²) in [5.41, 5.74) is 1.83. The maximum Gasteiger partial charge on any atom is 0.339 e. The lowest BCUT2D eigenvalue weighted by Gasteiger charge is -2.17. The summed E-state index contributed by atoms with van der Waals surface area (Å²) in [6.07, 6.45) is 1.87. The second-order valence-electron chi connectivity index (χ2n) is 8.24. The number of hydrogen-bond donors (Lipinski definition) is 2. The van der Waals surface area contributed by atoms with Crippen LogP contribution in [0.4, 0.5) is 0 Å². The van der Waals surface area contributed by atoms with E-state index in [1.165, 1.54) is 30.5 Å². The number of aromatic nitrogens is 1. The molecule has 2 N–H and O–H groups in total. The number of sulfonamides is 1. The zero-order chi connectivity index (χ0) is 25.8. The van der Waals surface area contributed by atoms with E-state index in [4.69, 9.17) is 9.15 Å². The Bertz CT molecular complexity index is 1640. The van der Waals surface area contributed by atoms with E-state index < -0.39 is 22.1 Å². The number of hydrogen-bond acceptors (Lipinski definition) is 6. The molecular formula is C28H22N2O6S. The van der Waals surface area contributed by atoms with Gasteiger partial charge in [0.05, 0.1) is 23.3 Å². The van der Waals surface area contributed by atoms with Crippen LogP contribution in [0.5, 0.6) is 0 Å². The molecular weight excluding hydrogens is 492 g/mol. The Kier molecular flexibility index (Phi) is 6.72. The number of carbonyl (C=O) groups is 2. The first kappa shape index (κ1) is 24.2. The smallest absolute Gasteiger partial charge is 0.339 e. The lowest BCUT2D eigenvalue weighted by Crippen LogP contribution is -2.23. The first-order valence-corrected chi connectivity index (χ1v) is 12.9. The van der Waals surface area contributed by atoms with Gasteiger partial charge in [0.2, 0.25) is 15.8 Å². The first-order valence-electron chi connectivity index (χ1n) is 11.4. The van der Waals surface area contributed by atoms with Crippen molar-refractivity contribution in [3.05, 3.63) is 126 Å². The van der Waals surface area contributed by atoms with Gasteiger partial charge in [0.15, 0.2) is 6.10 Å². The summed E-state index contributed by atoms with van der Waals surface area (Å²) in [5, 5.41) is 0.723. The monoisotopic (exact) mass is 514 g/mol. The van der Waals surface area contributed by atoms with Crippen molar-refractivity contribution < 1.29 is 27.2 Å². The van der Waals surface area contributed by atoms with Crippen molar-refractivity contribution in [2.45, 2.75) is 17.5 Å². The molecule has 0 bridgehead atoms. The first-order chi connectivity index (χ1) is 17.9. The second-order valence-corrected chi connectivity index (χ2v) is 10.0. The van der Waals surface area contributed by atoms with Crippen LogP contribution in [0.25, 0.3) is 10.9 Å². The molecule has 0 radical (unpaired) electrons. The van der Waals surface area contributed by atoms with Crippen molar-refractivity contribution >= 4 is 32.7 Å². The number of carbonyl (C=O) groups excluding carboxylic acids is 2. The Balaban J connectivity index is 1.37. The summed E-state index contributed by atoms with van der Waals surface area (Å²) in [7, 11) is -3.83. The topological polar surface area (TPSA) is 118 Å². The fraction of sp³-hybridized carbons (Fsp3) is 0.0714. The Morgan fingerprint density at radius 3 is 2.35 bits per heavy atom. The second kappa shape index (κ2) is 10.3. The van der Waals surface area contributed by atoms with Gasteiger partial charge in [-0.2, -0.15) is 0 Å². The van der Waals surface area contributed by atoms with Gasteiger partial charge < -0.3 is 14.1 Å². The number of Topliss-reactive ketones (excluding diaryl/α,β-unsaturated/α-hetero) is 1. The number of fused-ring (bicyclic) bond motifs is 1. The van der Waals surface area contributed by atoms with Gasteiger partial charge >= 0.3 is 5.97 Å². The quantitative estimate of drug-likeness (QED) is 0.211. The van der Waals surface area contributed by atoms with E-state index in [2.05, 4.69) is 9.71 Å². The van der Waals surface area contributed by atoms with Crippen LogP contribution in [0.2, 0.25) is 0 Å². The van der Waals surface area contributed by atoms with Crippen molar-refractivity contribution in [3.8, 4) is 0 Å². The lowest BCUT2D eigenvalue weighted by atomic mass is 9.99. The van der Waals surface area contributed by atoms with E-state index in [-0.39, 0.29) is 22.8 Å². The third-order valence-corrected chi connectivity index (χ3v) is 7.25. The van der Waals surface area contributed by atoms with Gasteiger partial charge in [-0.1, -0.05) is 48.5 Å². The fourth-order valence-electron chi connectivity index (χ4n) is 3.93. The van der Waals surface area contributed by atoms with Gasteiger partial charge in [0, 0.05) is 28.2 Å². The standard InChI is InChI=1S/C28H22N2O6S/c31-26(24-18-29-25-11-5-4-10-23(24)25)27(19-7-2-1-3-8-19)36-28(32)20-12-14-22(15-13-20)37(33,34)30-17-21-9-6-16-35-21/h1-16,18,27,29-30H,17H2/t27-/m0/s1. The Labute approximate surface area is 212 Å². The minimum atomic E-state index is -3.83. The van der Waals surface area contributed by atoms with Crippen LogP contribution in [0.1, 0.15) is 38.1 Å². The molecule has 1 atom stereocenters. The molecule has 0 saturated carbocycles. The van der Waals surface area contributed by atoms with Crippen molar-refractivity contribution in [2.75, 3.05) is 0 Å². The predicted molar refractivity (Wildman–Crippen MR) is 136 cm³/mol. The van der Waals surface area contributed by atoms with Crippen LogP contribution in [-0.2, 0) is 21.3 Å². The molecule has 2 heterocycles. The molecule has 37 heavy (non-hydrogen) atoms. The zero-order valence-electron chi connectivity index (χ0n) is 19.5. The van der Waals surface area contributed by atoms with Crippen LogP contribution in [0, 0.1) is 0 Å². The van der Waals surface area contributed by atoms with Crippen molar-refractivity contribution in [3.63, 3.8) is 0 Å². The van der Waals surface area contributed by atoms with Gasteiger partial charge in [-0.15, -0.1) is 0 Å². The highest BCUT2D eigenvalue weighted by Gasteiger charge is 2.28. The maximum absolute atomic E-state index is 13.5. The highest BCUT2D eigenvalue weighted by Crippen LogP contribution is 2.28. The fourth-order valence-corrected chi connectivity index (χ4v) is 4.92. The van der Waals surface area contributed by atoms with Crippen molar-refractivity contribution in [1.82, 2.24) is 9.71 Å². The molecule has 3 aromatic carbocycles. The molecule has 0 unspecified atom stereocenters. The SMILES string of the molecule is O=C(O[C@H](C(=O)c1c[nH]c2ccccc12)c1ccccc1)c1ccc(S(=O)(=O)NCc2ccco2)cc1. The molecule has 0 spiro atoms. The van der Waals surface area contributed by atoms with Crippen LogP contribution in [0.3, 0.4) is 0 Å². The number of esters is 1. The summed E-state index contributed by atoms with van der Waals surface area (Å²) in [6, 6.07) is 24.7. The molecule has 5 rings (SSSR count). The summed E-state index contributed by atoms with van der Waals surface area (Å²) < 4.78 is 38.4. The third kappa shape index (κ3) is 5.23. The Hall–Kier alpha value is -4.47. The molecule has 0 saturated heterocycles. The highest BCUT2D eigenvalue weighted by molar-refractivity contribution is 7.89. The minimum Gasteiger partial charge on any atom is -0.468 e. The highest BCUT2D eigenvalue weighted by atomic mass is 32.2. The van der Waals surface area contributed by atoms with E-state index >= 15 is 0 Å². The number of rotatable bonds is 9. The molecule has 0 aliphatic rings. The number of furan rings is 1. The van der Waals surface area contributed by atoms with E-state index in [1.54, 1.807) is 48.7 Å². The van der Waals surface area contributed by atoms with Crippen molar-refractivity contribution in [2.24, 2.45) is 0 Å². The minimum absolute atomic E-state index is 0.00612. The predicted octanol–water partition coefficient (Wildman–Crippen LogP) is 5.02. The lowest BCUT2D eigenvalue weighted by molar-refractivity contribution is 0.0280. The summed E-state index contributed by atoms with van der Waals surface area (Å²) in [5.74, 6) is -0.663. The van der Waals surface area contributed by atoms with Crippen LogP contribution < -0.4 is 4.72 Å². The Morgan fingerprint density at radius 2 is 1.62 bits per heavy atom. The van der Waals surface area contributed by atoms with E-state index in [1.807, 2.05) is 24.3 Å². The van der Waals surface area contributed by atoms with Gasteiger partial charge in [0.1, 0.15) is 5.76 Å². The molecule has 8 nitrogen and oxygen atoms in total. The number of H-pyrrole nitrogens is 1. The summed E-state index contributed by atoms with van der Waals surface area (Å²) >= 11 is 0. The normalized spacial score (nSPS) is 12.3. The van der Waals surface area contributed by atoms with Crippen LogP contribution in [0.15, 0.2) is 113 Å². The molecule has 186 valence electrons. The number of nitrogens with one attached hydrogen (secondary N) is 2. The molecule has 0 aliphatic carbocycles. The molecule has 0 aliphatic heterocycles. The maximum atomic E-state index is 13.5. The molecule has 0 fully saturated rings. The van der Waals surface area contributed by atoms with Crippen LogP contribution >= 0.6 is 0 Å². The zero-order valence-corrected chi connectivity index (χ0v) is 20.3. The van der Waals surface area contributed by atoms with Crippen LogP contribution in [-0.4, -0.2) is 25.2 Å². The van der Waals surface area contributed by atoms with E-state index in [0.29, 0.717) is 16.9 Å². The van der Waals surface area contributed by atoms with Gasteiger partial charge in [-0.3, -0.25) is 4.79 Å². The number of ketones is 1. The average molecular weight is 515 g/mol. The van der Waals surface area contributed by atoms with E-state index in [9.17, 15) is 18.0 Å².